The molecule has 192 valence electrons. The van der Waals surface area contributed by atoms with Crippen LogP contribution in [-0.2, 0) is 10.0 Å². The lowest BCUT2D eigenvalue weighted by Gasteiger charge is -2.19. The summed E-state index contributed by atoms with van der Waals surface area (Å²) in [5.41, 5.74) is 1.37. The van der Waals surface area contributed by atoms with Gasteiger partial charge in [-0.05, 0) is 44.4 Å². The zero-order chi connectivity index (χ0) is 25.8. The van der Waals surface area contributed by atoms with Crippen LogP contribution in [0.5, 0.6) is 0 Å². The molecule has 0 atom stereocenters. The molecule has 2 N–H and O–H groups in total. The number of carbonyl (C=O) groups is 1. The molecule has 0 radical (unpaired) electrons. The maximum absolute atomic E-state index is 13.4. The van der Waals surface area contributed by atoms with Crippen molar-refractivity contribution in [3.05, 3.63) is 34.6 Å². The molecule has 5 rings (SSSR count). The number of carbonyl (C=O) groups excluding carboxylic acids is 1. The van der Waals surface area contributed by atoms with Crippen molar-refractivity contribution in [2.75, 3.05) is 27.2 Å². The number of hydrogen-bond acceptors (Lipinski definition) is 8. The number of imidazole rings is 1. The summed E-state index contributed by atoms with van der Waals surface area (Å²) in [6.45, 7) is 3.10. The fourth-order valence-corrected chi connectivity index (χ4v) is 6.22. The Kier molecular flexibility index (Phi) is 6.17. The van der Waals surface area contributed by atoms with Gasteiger partial charge in [0.25, 0.3) is 12.3 Å². The number of nitrogens with zero attached hydrogens (tertiary/aromatic N) is 5. The van der Waals surface area contributed by atoms with E-state index >= 15 is 0 Å². The Hall–Kier alpha value is -2.81. The first-order chi connectivity index (χ1) is 17.0. The topological polar surface area (TPSA) is 122 Å². The van der Waals surface area contributed by atoms with Gasteiger partial charge in [0.15, 0.2) is 21.5 Å². The minimum Gasteiger partial charge on any atom is -0.343 e. The molecule has 1 aliphatic carbocycles. The molecule has 14 heteroatoms. The van der Waals surface area contributed by atoms with Crippen LogP contribution in [0.25, 0.3) is 21.9 Å². The van der Waals surface area contributed by atoms with Crippen molar-refractivity contribution in [3.63, 3.8) is 0 Å². The van der Waals surface area contributed by atoms with Crippen molar-refractivity contribution in [1.82, 2.24) is 34.5 Å². The van der Waals surface area contributed by atoms with Gasteiger partial charge in [0, 0.05) is 37.9 Å². The molecule has 0 aromatic carbocycles. The second kappa shape index (κ2) is 8.94. The van der Waals surface area contributed by atoms with Crippen LogP contribution in [0.3, 0.4) is 0 Å². The Labute approximate surface area is 210 Å². The van der Waals surface area contributed by atoms with E-state index in [1.54, 1.807) is 20.2 Å². The molecular weight excluding hydrogens is 512 g/mol. The summed E-state index contributed by atoms with van der Waals surface area (Å²) < 4.78 is 57.5. The average Bonchev–Trinajstić information content (AvgIpc) is 3.23. The summed E-state index contributed by atoms with van der Waals surface area (Å²) in [6, 6.07) is 1.56. The van der Waals surface area contributed by atoms with E-state index in [0.717, 1.165) is 18.4 Å². The fraction of sp³-hybridized carbons (Fsp3) is 0.455. The first-order valence-electron chi connectivity index (χ1n) is 11.3. The Bertz CT molecular complexity index is 1490. The van der Waals surface area contributed by atoms with Gasteiger partial charge in [-0.2, -0.15) is 0 Å². The maximum Gasteiger partial charge on any atom is 0.291 e. The molecule has 4 heterocycles. The number of rotatable bonds is 7. The minimum atomic E-state index is -3.93. The van der Waals surface area contributed by atoms with Gasteiger partial charge < -0.3 is 10.2 Å². The predicted molar refractivity (Wildman–Crippen MR) is 130 cm³/mol. The second-order valence-corrected chi connectivity index (χ2v) is 12.1. The molecule has 36 heavy (non-hydrogen) atoms. The fourth-order valence-electron chi connectivity index (χ4n) is 4.05. The van der Waals surface area contributed by atoms with E-state index in [0.29, 0.717) is 41.9 Å². The van der Waals surface area contributed by atoms with E-state index in [9.17, 15) is 22.0 Å². The van der Waals surface area contributed by atoms with Gasteiger partial charge >= 0.3 is 0 Å². The first kappa shape index (κ1) is 24.9. The van der Waals surface area contributed by atoms with E-state index in [2.05, 4.69) is 25.2 Å². The molecule has 1 saturated carbocycles. The van der Waals surface area contributed by atoms with Crippen molar-refractivity contribution in [2.24, 2.45) is 0 Å². The number of aromatic nitrogens is 4. The highest BCUT2D eigenvalue weighted by atomic mass is 32.2. The number of amides is 1. The van der Waals surface area contributed by atoms with Crippen LogP contribution in [0.15, 0.2) is 23.2 Å². The third-order valence-corrected chi connectivity index (χ3v) is 8.77. The van der Waals surface area contributed by atoms with Gasteiger partial charge in [0.2, 0.25) is 10.0 Å². The van der Waals surface area contributed by atoms with Crippen molar-refractivity contribution in [2.45, 2.75) is 43.0 Å². The van der Waals surface area contributed by atoms with Crippen LogP contribution >= 0.6 is 11.3 Å². The SMILES string of the molecule is CN(C)C(=O)c1nc(-c2nnc(C(F)F)s2)n2cc(S(=O)(=O)NC3(C)CC3)cc(C3=CCNCC3)c12. The van der Waals surface area contributed by atoms with Crippen LogP contribution in [0.1, 0.15) is 53.7 Å². The van der Waals surface area contributed by atoms with E-state index in [1.165, 1.54) is 15.5 Å². The minimum absolute atomic E-state index is 0.0151. The van der Waals surface area contributed by atoms with Gasteiger partial charge in [-0.1, -0.05) is 17.4 Å². The van der Waals surface area contributed by atoms with Crippen LogP contribution in [0.4, 0.5) is 8.78 Å². The van der Waals surface area contributed by atoms with Crippen LogP contribution in [0.2, 0.25) is 0 Å². The molecule has 10 nitrogen and oxygen atoms in total. The zero-order valence-corrected chi connectivity index (χ0v) is 21.5. The molecule has 0 bridgehead atoms. The third-order valence-electron chi connectivity index (χ3n) is 6.24. The quantitative estimate of drug-likeness (QED) is 0.475. The van der Waals surface area contributed by atoms with Crippen molar-refractivity contribution >= 4 is 38.4 Å². The molecule has 3 aromatic rings. The lowest BCUT2D eigenvalue weighted by atomic mass is 9.99. The number of sulfonamides is 1. The standard InChI is InChI=1S/C22H25F2N7O3S2/c1-22(6-7-22)29-36(33,34)13-10-14(12-4-8-25-9-5-12)16-15(21(32)30(2)3)26-18(31(16)11-13)20-28-27-19(35-20)17(23)24/h4,10-11,17,25,29H,5-9H2,1-3H3. The molecule has 0 saturated heterocycles. The largest absolute Gasteiger partial charge is 0.343 e. The van der Waals surface area contributed by atoms with E-state index < -0.39 is 32.9 Å². The van der Waals surface area contributed by atoms with Crippen molar-refractivity contribution in [3.8, 4) is 10.8 Å². The average molecular weight is 538 g/mol. The number of hydrogen-bond donors (Lipinski definition) is 2. The summed E-state index contributed by atoms with van der Waals surface area (Å²) in [5, 5.41) is 10.2. The highest BCUT2D eigenvalue weighted by Crippen LogP contribution is 2.38. The van der Waals surface area contributed by atoms with E-state index in [-0.39, 0.29) is 21.4 Å². The monoisotopic (exact) mass is 537 g/mol. The van der Waals surface area contributed by atoms with E-state index in [1.807, 2.05) is 13.0 Å². The predicted octanol–water partition coefficient (Wildman–Crippen LogP) is 2.70. The van der Waals surface area contributed by atoms with Crippen LogP contribution < -0.4 is 10.0 Å². The van der Waals surface area contributed by atoms with Crippen LogP contribution in [-0.4, -0.2) is 71.5 Å². The van der Waals surface area contributed by atoms with Gasteiger partial charge in [-0.25, -0.2) is 26.9 Å². The highest BCUT2D eigenvalue weighted by molar-refractivity contribution is 7.89. The number of nitrogens with one attached hydrogen (secondary N) is 2. The van der Waals surface area contributed by atoms with Crippen molar-refractivity contribution in [1.29, 1.82) is 0 Å². The lowest BCUT2D eigenvalue weighted by Crippen LogP contribution is -2.34. The smallest absolute Gasteiger partial charge is 0.291 e. The lowest BCUT2D eigenvalue weighted by molar-refractivity contribution is 0.0824. The van der Waals surface area contributed by atoms with Crippen LogP contribution in [0, 0.1) is 0 Å². The first-order valence-corrected chi connectivity index (χ1v) is 13.6. The van der Waals surface area contributed by atoms with Gasteiger partial charge in [0.1, 0.15) is 0 Å². The molecule has 1 aliphatic heterocycles. The third kappa shape index (κ3) is 4.53. The number of halogens is 2. The van der Waals surface area contributed by atoms with E-state index in [4.69, 9.17) is 0 Å². The maximum atomic E-state index is 13.4. The number of alkyl halides is 2. The molecule has 0 spiro atoms. The highest BCUT2D eigenvalue weighted by Gasteiger charge is 2.41. The second-order valence-electron chi connectivity index (χ2n) is 9.39. The summed E-state index contributed by atoms with van der Waals surface area (Å²) in [5.74, 6) is -0.336. The van der Waals surface area contributed by atoms with Gasteiger partial charge in [-0.15, -0.1) is 10.2 Å². The summed E-state index contributed by atoms with van der Waals surface area (Å²) in [6.07, 6.45) is 2.57. The van der Waals surface area contributed by atoms with Gasteiger partial charge in [-0.3, -0.25) is 9.20 Å². The molecule has 1 fully saturated rings. The van der Waals surface area contributed by atoms with Crippen molar-refractivity contribution < 1.29 is 22.0 Å². The molecule has 0 unspecified atom stereocenters. The Balaban J connectivity index is 1.81. The Morgan fingerprint density at radius 3 is 2.64 bits per heavy atom. The molecule has 3 aromatic heterocycles. The number of pyridine rings is 1. The Morgan fingerprint density at radius 2 is 2.06 bits per heavy atom. The zero-order valence-electron chi connectivity index (χ0n) is 19.9. The Morgan fingerprint density at radius 1 is 1.31 bits per heavy atom. The van der Waals surface area contributed by atoms with Gasteiger partial charge in [0.05, 0.1) is 10.4 Å². The number of fused-ring (bicyclic) bond motifs is 1. The molecular formula is C22H25F2N7O3S2. The summed E-state index contributed by atoms with van der Waals surface area (Å²) >= 11 is 0.647. The molecule has 2 aliphatic rings. The normalized spacial score (nSPS) is 17.4. The summed E-state index contributed by atoms with van der Waals surface area (Å²) in [4.78, 5) is 19.0. The molecule has 1 amide bonds. The summed E-state index contributed by atoms with van der Waals surface area (Å²) in [7, 11) is -0.774.